The molecule has 0 amide bonds. The van der Waals surface area contributed by atoms with E-state index >= 15 is 0 Å². The third-order valence-corrected chi connectivity index (χ3v) is 0. The molecule has 0 bridgehead atoms. The second kappa shape index (κ2) is 110. The van der Waals surface area contributed by atoms with Gasteiger partial charge in [0.1, 0.15) is 0 Å². The zero-order chi connectivity index (χ0) is 2.00. The van der Waals surface area contributed by atoms with E-state index in [4.69, 9.17) is 0 Å². The van der Waals surface area contributed by atoms with E-state index in [9.17, 15) is 0 Å². The van der Waals surface area contributed by atoms with Gasteiger partial charge < -0.3 is 6.15 Å². The molecule has 0 saturated carbocycles. The second-order valence-electron chi connectivity index (χ2n) is 0. The second-order valence-corrected chi connectivity index (χ2v) is 0. The monoisotopic (exact) mass is 173 g/mol. The van der Waals surface area contributed by atoms with E-state index in [1.165, 1.54) is 0 Å². The number of rotatable bonds is 0. The highest BCUT2D eigenvalue weighted by atomic mass is 127. The Labute approximate surface area is 43.7 Å². The van der Waals surface area contributed by atoms with Crippen LogP contribution in [0.5, 0.6) is 0 Å². The molecule has 0 atom stereocenters. The molecule has 3 N–H and O–H groups in total. The van der Waals surface area contributed by atoms with Gasteiger partial charge in [-0.05, 0) is 0 Å². The van der Waals surface area contributed by atoms with Gasteiger partial charge in [-0.3, -0.25) is 0 Å². The van der Waals surface area contributed by atoms with Crippen LogP contribution in [0.4, 0.5) is 0 Å². The Bertz CT molecular complexity index is 6.00. The third-order valence-electron chi connectivity index (χ3n) is 0. The fraction of sp³-hybridized carbons (Fsp3) is 0. The van der Waals surface area contributed by atoms with Crippen LogP contribution < -0.4 is 6.15 Å². The zero-order valence-electron chi connectivity index (χ0n) is 2.53. The molecule has 0 saturated heterocycles. The maximum Gasteiger partial charge on any atom is -0.106 e. The van der Waals surface area contributed by atoms with Crippen LogP contribution in [-0.2, 0) is 0 Å². The van der Waals surface area contributed by atoms with Crippen molar-refractivity contribution in [1.82, 2.24) is 6.15 Å². The lowest BCUT2D eigenvalue weighted by Crippen LogP contribution is -0.552. The average Bonchev–Trinajstić information content (AvgIpc) is 1.00. The van der Waals surface area contributed by atoms with E-state index in [1.807, 2.05) is 0 Å². The van der Waals surface area contributed by atoms with Crippen molar-refractivity contribution in [1.29, 1.82) is 0 Å². The minimum absolute atomic E-state index is 0. The number of hydrogen-bond acceptors (Lipinski definition) is 1. The van der Waals surface area contributed by atoms with E-state index < -0.39 is 0 Å². The summed E-state index contributed by atoms with van der Waals surface area (Å²) in [6.45, 7) is 6.00. The molecule has 0 unspecified atom stereocenters. The van der Waals surface area contributed by atoms with E-state index in [2.05, 4.69) is 13.2 Å². The van der Waals surface area contributed by atoms with Crippen molar-refractivity contribution in [2.24, 2.45) is 0 Å². The molecule has 0 heterocycles. The normalized spacial score (nSPS) is 1.00. The van der Waals surface area contributed by atoms with Crippen LogP contribution in [0, 0.1) is 0 Å². The minimum atomic E-state index is 0. The van der Waals surface area contributed by atoms with Crippen molar-refractivity contribution in [3.8, 4) is 0 Å². The Hall–Kier alpha value is 0.430. The fourth-order valence-electron chi connectivity index (χ4n) is 0. The fourth-order valence-corrected chi connectivity index (χ4v) is 0. The summed E-state index contributed by atoms with van der Waals surface area (Å²) in [5, 5.41) is 0. The molecule has 0 radical (unpaired) electrons. The third kappa shape index (κ3) is 26.9. The van der Waals surface area contributed by atoms with Gasteiger partial charge in [-0.25, -0.2) is 0 Å². The molecule has 28 valence electrons. The van der Waals surface area contributed by atoms with E-state index in [-0.39, 0.29) is 30.1 Å². The smallest absolute Gasteiger partial charge is 0.106 e. The molecule has 0 aromatic heterocycles. The summed E-state index contributed by atoms with van der Waals surface area (Å²) in [5.74, 6) is 0. The molecule has 0 rings (SSSR count). The molecular weight excluding hydrogens is 165 g/mol. The van der Waals surface area contributed by atoms with Gasteiger partial charge in [-0.15, -0.1) is 37.1 Å². The van der Waals surface area contributed by atoms with E-state index in [0.717, 1.165) is 0 Å². The van der Waals surface area contributed by atoms with Crippen molar-refractivity contribution in [2.75, 3.05) is 0 Å². The lowest BCUT2D eigenvalue weighted by atomic mass is 11.3. The van der Waals surface area contributed by atoms with Crippen molar-refractivity contribution < 1.29 is 0 Å². The topological polar surface area (TPSA) is 35.0 Å². The van der Waals surface area contributed by atoms with Crippen LogP contribution in [0.3, 0.4) is 0 Å². The summed E-state index contributed by atoms with van der Waals surface area (Å²) in [4.78, 5) is 0. The maximum atomic E-state index is 3.00. The molecule has 0 aromatic carbocycles. The Kier molecular flexibility index (Phi) is 698. The standard InChI is InChI=1S/C2H4.HI.H3N/c1-2;;/h1-2H2;1H;1H3. The van der Waals surface area contributed by atoms with Gasteiger partial charge in [0.05, 0.1) is 0 Å². The predicted molar refractivity (Wildman–Crippen MR) is 31.7 cm³/mol. The number of hydrogen-bond donors (Lipinski definition) is 1. The predicted octanol–water partition coefficient (Wildman–Crippen LogP) is 1.58. The van der Waals surface area contributed by atoms with Crippen molar-refractivity contribution in [2.45, 2.75) is 0 Å². The van der Waals surface area contributed by atoms with Crippen LogP contribution in [0.15, 0.2) is 13.2 Å². The highest BCUT2D eigenvalue weighted by Crippen LogP contribution is 0.886. The first-order valence-electron chi connectivity index (χ1n) is 0.500. The molecule has 0 aliphatic carbocycles. The van der Waals surface area contributed by atoms with Gasteiger partial charge in [0.15, 0.2) is 0 Å². The van der Waals surface area contributed by atoms with Gasteiger partial charge in [0.25, 0.3) is 0 Å². The molecule has 0 aliphatic heterocycles. The Balaban J connectivity index is -0.00000000500. The van der Waals surface area contributed by atoms with Crippen molar-refractivity contribution in [3.63, 3.8) is 0 Å². The summed E-state index contributed by atoms with van der Waals surface area (Å²) in [7, 11) is 0. The summed E-state index contributed by atoms with van der Waals surface area (Å²) in [5.41, 5.74) is 0. The van der Waals surface area contributed by atoms with Crippen LogP contribution in [0.1, 0.15) is 0 Å². The summed E-state index contributed by atoms with van der Waals surface area (Å²) in [6.07, 6.45) is 0. The SMILES string of the molecule is C=C.I.N. The largest absolute Gasteiger partial charge is 0.344 e. The van der Waals surface area contributed by atoms with Gasteiger partial charge >= 0.3 is 0 Å². The Morgan fingerprint density at radius 2 is 1.00 bits per heavy atom. The molecule has 4 heavy (non-hydrogen) atoms. The number of halogens is 1. The molecule has 0 aromatic rings. The van der Waals surface area contributed by atoms with Gasteiger partial charge in [-0.1, -0.05) is 0 Å². The first-order valence-corrected chi connectivity index (χ1v) is 0.500. The summed E-state index contributed by atoms with van der Waals surface area (Å²) >= 11 is 0. The molecular formula is C2H8IN. The average molecular weight is 173 g/mol. The quantitative estimate of drug-likeness (QED) is 0.438. The summed E-state index contributed by atoms with van der Waals surface area (Å²) < 4.78 is 0. The molecule has 0 aliphatic rings. The van der Waals surface area contributed by atoms with Crippen LogP contribution in [0.25, 0.3) is 0 Å². The summed E-state index contributed by atoms with van der Waals surface area (Å²) in [6, 6.07) is 0. The van der Waals surface area contributed by atoms with E-state index in [1.54, 1.807) is 0 Å². The van der Waals surface area contributed by atoms with Crippen LogP contribution in [-0.4, -0.2) is 0 Å². The lowest BCUT2D eigenvalue weighted by molar-refractivity contribution is 2.13. The highest BCUT2D eigenvalue weighted by Gasteiger charge is 0.601. The van der Waals surface area contributed by atoms with Crippen LogP contribution in [0.2, 0.25) is 0 Å². The highest BCUT2D eigenvalue weighted by molar-refractivity contribution is 14.0. The zero-order valence-corrected chi connectivity index (χ0v) is 4.86. The van der Waals surface area contributed by atoms with Crippen LogP contribution >= 0.6 is 24.0 Å². The molecule has 1 nitrogen and oxygen atoms in total. The first-order chi connectivity index (χ1) is 1.00. The van der Waals surface area contributed by atoms with Gasteiger partial charge in [0, 0.05) is 0 Å². The molecule has 0 fully saturated rings. The molecule has 0 spiro atoms. The van der Waals surface area contributed by atoms with Gasteiger partial charge in [-0.2, -0.15) is 0 Å². The first kappa shape index (κ1) is 25.5. The lowest BCUT2D eigenvalue weighted by Gasteiger charge is -0.813. The minimum Gasteiger partial charge on any atom is -0.344 e. The van der Waals surface area contributed by atoms with Crippen molar-refractivity contribution >= 4 is 24.0 Å². The molecule has 2 heteroatoms. The maximum absolute atomic E-state index is 3.00. The van der Waals surface area contributed by atoms with Gasteiger partial charge in [0.2, 0.25) is 0 Å². The van der Waals surface area contributed by atoms with Crippen molar-refractivity contribution in [3.05, 3.63) is 13.2 Å². The van der Waals surface area contributed by atoms with E-state index in [0.29, 0.717) is 0 Å². The Morgan fingerprint density at radius 1 is 1.00 bits per heavy atom. The Morgan fingerprint density at radius 3 is 1.00 bits per heavy atom.